The molecule has 0 saturated heterocycles. The van der Waals surface area contributed by atoms with E-state index >= 15 is 0 Å². The molecule has 1 heterocycles. The third-order valence-corrected chi connectivity index (χ3v) is 7.38. The molecule has 1 aliphatic heterocycles. The van der Waals surface area contributed by atoms with Crippen LogP contribution in [0.25, 0.3) is 10.8 Å². The Kier molecular flexibility index (Phi) is 4.51. The number of benzene rings is 4. The van der Waals surface area contributed by atoms with Gasteiger partial charge in [-0.1, -0.05) is 78.9 Å². The molecule has 3 nitrogen and oxygen atoms in total. The van der Waals surface area contributed by atoms with Gasteiger partial charge in [-0.3, -0.25) is 9.59 Å². The highest BCUT2D eigenvalue weighted by atomic mass is 79.9. The van der Waals surface area contributed by atoms with Crippen molar-refractivity contribution in [3.05, 3.63) is 112 Å². The molecule has 4 heteroatoms. The number of Topliss-reactive ketones (excluding diaryl/α,β-unsaturated/α-hetero) is 1. The van der Waals surface area contributed by atoms with E-state index in [1.807, 2.05) is 77.7 Å². The summed E-state index contributed by atoms with van der Waals surface area (Å²) in [5, 5.41) is 2.25. The number of carbonyl (C=O) groups excluding carboxylic acids is 2. The number of carbonyl (C=O) groups is 2. The third-order valence-electron chi connectivity index (χ3n) is 6.74. The molecule has 2 atom stereocenters. The molecule has 4 aromatic rings. The fraction of sp³-hybridized carbons (Fsp3) is 0.143. The molecular weight excluding hydrogens is 462 g/mol. The average molecular weight is 482 g/mol. The maximum atomic E-state index is 13.9. The Hall–Kier alpha value is -3.24. The molecule has 2 unspecified atom stereocenters. The highest BCUT2D eigenvalue weighted by molar-refractivity contribution is 9.10. The Morgan fingerprint density at radius 2 is 1.50 bits per heavy atom. The van der Waals surface area contributed by atoms with Crippen molar-refractivity contribution < 1.29 is 9.59 Å². The lowest BCUT2D eigenvalue weighted by atomic mass is 9.72. The average Bonchev–Trinajstić information content (AvgIpc) is 3.07. The Balaban J connectivity index is 1.52. The Morgan fingerprint density at radius 1 is 0.781 bits per heavy atom. The number of anilines is 1. The molecule has 0 bridgehead atoms. The van der Waals surface area contributed by atoms with Gasteiger partial charge in [-0.05, 0) is 55.0 Å². The fourth-order valence-corrected chi connectivity index (χ4v) is 6.01. The number of rotatable bonds is 3. The summed E-state index contributed by atoms with van der Waals surface area (Å²) >= 11 is 3.67. The van der Waals surface area contributed by atoms with Gasteiger partial charge in [0.2, 0.25) is 5.91 Å². The Bertz CT molecular complexity index is 1390. The van der Waals surface area contributed by atoms with E-state index in [0.29, 0.717) is 13.0 Å². The van der Waals surface area contributed by atoms with Crippen molar-refractivity contribution in [2.24, 2.45) is 0 Å². The molecule has 0 aromatic heterocycles. The molecule has 0 saturated carbocycles. The van der Waals surface area contributed by atoms with E-state index in [-0.39, 0.29) is 11.7 Å². The minimum Gasteiger partial charge on any atom is -0.306 e. The van der Waals surface area contributed by atoms with Crippen LogP contribution in [-0.2, 0) is 22.6 Å². The molecule has 1 aliphatic carbocycles. The van der Waals surface area contributed by atoms with Crippen LogP contribution in [0.15, 0.2) is 89.4 Å². The number of hydrogen-bond donors (Lipinski definition) is 0. The lowest BCUT2D eigenvalue weighted by molar-refractivity contribution is -0.126. The topological polar surface area (TPSA) is 37.4 Å². The van der Waals surface area contributed by atoms with Gasteiger partial charge in [0.05, 0.1) is 24.1 Å². The molecule has 0 fully saturated rings. The van der Waals surface area contributed by atoms with Crippen molar-refractivity contribution in [2.45, 2.75) is 24.8 Å². The van der Waals surface area contributed by atoms with Crippen LogP contribution in [-0.4, -0.2) is 11.7 Å². The standard InChI is InChI=1S/C28H20BrNO2/c29-22-14-6-13-21-26(28(32)30(27(21)22)16-17-7-2-1-3-8-17)25-20-12-5-10-18-9-4-11-19(24(18)20)15-23(25)31/h1-14,25-26H,15-16H2. The number of para-hydroxylation sites is 1. The van der Waals surface area contributed by atoms with E-state index in [9.17, 15) is 9.59 Å². The van der Waals surface area contributed by atoms with E-state index < -0.39 is 11.8 Å². The van der Waals surface area contributed by atoms with Gasteiger partial charge in [0.1, 0.15) is 5.78 Å². The van der Waals surface area contributed by atoms with Crippen LogP contribution in [0.2, 0.25) is 0 Å². The predicted molar refractivity (Wildman–Crippen MR) is 130 cm³/mol. The number of fused-ring (bicyclic) bond motifs is 1. The number of halogens is 1. The van der Waals surface area contributed by atoms with E-state index in [4.69, 9.17) is 0 Å². The van der Waals surface area contributed by atoms with Crippen LogP contribution in [0.1, 0.15) is 34.1 Å². The summed E-state index contributed by atoms with van der Waals surface area (Å²) in [7, 11) is 0. The number of amides is 1. The van der Waals surface area contributed by atoms with E-state index in [0.717, 1.165) is 43.2 Å². The number of ketones is 1. The smallest absolute Gasteiger partial charge is 0.236 e. The van der Waals surface area contributed by atoms with Crippen molar-refractivity contribution in [1.29, 1.82) is 0 Å². The van der Waals surface area contributed by atoms with Crippen LogP contribution in [0.4, 0.5) is 5.69 Å². The summed E-state index contributed by atoms with van der Waals surface area (Å²) in [6, 6.07) is 28.1. The van der Waals surface area contributed by atoms with E-state index in [2.05, 4.69) is 28.1 Å². The molecule has 156 valence electrons. The predicted octanol–water partition coefficient (Wildman–Crippen LogP) is 6.14. The van der Waals surface area contributed by atoms with Gasteiger partial charge in [-0.15, -0.1) is 0 Å². The zero-order valence-electron chi connectivity index (χ0n) is 17.3. The molecule has 0 N–H and O–H groups in total. The second-order valence-corrected chi connectivity index (χ2v) is 9.40. The second kappa shape index (κ2) is 7.42. The van der Waals surface area contributed by atoms with E-state index in [1.54, 1.807) is 0 Å². The summed E-state index contributed by atoms with van der Waals surface area (Å²) in [5.74, 6) is -0.889. The maximum absolute atomic E-state index is 13.9. The molecule has 6 rings (SSSR count). The van der Waals surface area contributed by atoms with Crippen molar-refractivity contribution in [2.75, 3.05) is 4.90 Å². The highest BCUT2D eigenvalue weighted by Gasteiger charge is 2.47. The van der Waals surface area contributed by atoms with Crippen molar-refractivity contribution in [3.63, 3.8) is 0 Å². The van der Waals surface area contributed by atoms with Gasteiger partial charge in [0.25, 0.3) is 0 Å². The van der Waals surface area contributed by atoms with Crippen LogP contribution in [0.5, 0.6) is 0 Å². The molecule has 0 radical (unpaired) electrons. The third kappa shape index (κ3) is 2.86. The summed E-state index contributed by atoms with van der Waals surface area (Å²) < 4.78 is 0.878. The highest BCUT2D eigenvalue weighted by Crippen LogP contribution is 2.51. The van der Waals surface area contributed by atoms with Crippen LogP contribution < -0.4 is 4.90 Å². The molecule has 32 heavy (non-hydrogen) atoms. The van der Waals surface area contributed by atoms with Gasteiger partial charge in [-0.25, -0.2) is 0 Å². The van der Waals surface area contributed by atoms with Crippen LogP contribution in [0, 0.1) is 0 Å². The molecule has 1 amide bonds. The normalized spacial score (nSPS) is 19.5. The quantitative estimate of drug-likeness (QED) is 0.352. The monoisotopic (exact) mass is 481 g/mol. The minimum absolute atomic E-state index is 0.00881. The Morgan fingerprint density at radius 3 is 2.31 bits per heavy atom. The van der Waals surface area contributed by atoms with Gasteiger partial charge >= 0.3 is 0 Å². The van der Waals surface area contributed by atoms with Crippen LogP contribution >= 0.6 is 15.9 Å². The minimum atomic E-state index is -0.516. The lowest BCUT2D eigenvalue weighted by Gasteiger charge is -2.29. The van der Waals surface area contributed by atoms with E-state index in [1.165, 1.54) is 0 Å². The van der Waals surface area contributed by atoms with Crippen LogP contribution in [0.3, 0.4) is 0 Å². The summed E-state index contributed by atoms with van der Waals surface area (Å²) in [6.07, 6.45) is 0.366. The first kappa shape index (κ1) is 19.4. The number of nitrogens with zero attached hydrogens (tertiary/aromatic N) is 1. The summed E-state index contributed by atoms with van der Waals surface area (Å²) in [5.41, 5.74) is 4.89. The zero-order valence-corrected chi connectivity index (χ0v) is 18.9. The SMILES string of the molecule is O=C1Cc2cccc3cccc(c23)C1C1C(=O)N(Cc2ccccc2)c2c(Br)cccc21. The fourth-order valence-electron chi connectivity index (χ4n) is 5.42. The van der Waals surface area contributed by atoms with Crippen molar-refractivity contribution in [1.82, 2.24) is 0 Å². The maximum Gasteiger partial charge on any atom is 0.236 e. The van der Waals surface area contributed by atoms with Crippen molar-refractivity contribution in [3.8, 4) is 0 Å². The second-order valence-electron chi connectivity index (χ2n) is 8.55. The number of hydrogen-bond acceptors (Lipinski definition) is 2. The summed E-state index contributed by atoms with van der Waals surface area (Å²) in [6.45, 7) is 0.480. The van der Waals surface area contributed by atoms with Gasteiger partial charge in [0, 0.05) is 10.9 Å². The molecule has 0 spiro atoms. The largest absolute Gasteiger partial charge is 0.306 e. The lowest BCUT2D eigenvalue weighted by Crippen LogP contribution is -2.34. The van der Waals surface area contributed by atoms with Gasteiger partial charge in [-0.2, -0.15) is 0 Å². The first-order chi connectivity index (χ1) is 15.6. The zero-order chi connectivity index (χ0) is 21.8. The molecule has 4 aromatic carbocycles. The Labute approximate surface area is 194 Å². The summed E-state index contributed by atoms with van der Waals surface area (Å²) in [4.78, 5) is 29.3. The first-order valence-electron chi connectivity index (χ1n) is 10.8. The van der Waals surface area contributed by atoms with Gasteiger partial charge < -0.3 is 4.90 Å². The van der Waals surface area contributed by atoms with Crippen molar-refractivity contribution >= 4 is 44.1 Å². The van der Waals surface area contributed by atoms with Gasteiger partial charge in [0.15, 0.2) is 0 Å². The molecule has 2 aliphatic rings. The first-order valence-corrected chi connectivity index (χ1v) is 11.6. The molecular formula is C28H20BrNO2.